The number of hydrogen-bond donors (Lipinski definition) is 2. The highest BCUT2D eigenvalue weighted by molar-refractivity contribution is 5.85. The Morgan fingerprint density at radius 2 is 1.86 bits per heavy atom. The lowest BCUT2D eigenvalue weighted by Gasteiger charge is -2.45. The Kier molecular flexibility index (Phi) is 6.46. The second-order valence-corrected chi connectivity index (χ2v) is 8.37. The van der Waals surface area contributed by atoms with Crippen molar-refractivity contribution in [2.24, 2.45) is 17.6 Å². The summed E-state index contributed by atoms with van der Waals surface area (Å²) in [6.07, 6.45) is 9.62. The molecule has 0 aromatic heterocycles. The summed E-state index contributed by atoms with van der Waals surface area (Å²) in [6.45, 7) is 1.55. The Morgan fingerprint density at radius 1 is 1.18 bits per heavy atom. The van der Waals surface area contributed by atoms with Gasteiger partial charge in [-0.05, 0) is 54.7 Å². The largest absolute Gasteiger partial charge is 0.353 e. The third kappa shape index (κ3) is 4.11. The molecule has 3 atom stereocenters. The van der Waals surface area contributed by atoms with E-state index < -0.39 is 0 Å². The van der Waals surface area contributed by atoms with Crippen LogP contribution >= 0.6 is 12.4 Å². The molecule has 5 nitrogen and oxygen atoms in total. The molecule has 3 unspecified atom stereocenters. The van der Waals surface area contributed by atoms with Gasteiger partial charge in [0.15, 0.2) is 0 Å². The van der Waals surface area contributed by atoms with Crippen molar-refractivity contribution in [3.8, 4) is 0 Å². The van der Waals surface area contributed by atoms with Crippen molar-refractivity contribution in [3.63, 3.8) is 0 Å². The molecule has 2 fully saturated rings. The molecule has 4 rings (SSSR count). The number of fused-ring (bicyclic) bond motifs is 3. The zero-order valence-electron chi connectivity index (χ0n) is 16.3. The summed E-state index contributed by atoms with van der Waals surface area (Å²) in [6, 6.07) is 8.27. The predicted molar refractivity (Wildman–Crippen MR) is 113 cm³/mol. The van der Waals surface area contributed by atoms with Gasteiger partial charge < -0.3 is 16.0 Å². The predicted octanol–water partition coefficient (Wildman–Crippen LogP) is 3.39. The van der Waals surface area contributed by atoms with E-state index in [4.69, 9.17) is 5.73 Å². The summed E-state index contributed by atoms with van der Waals surface area (Å²) in [5, 5.41) is 3.32. The van der Waals surface area contributed by atoms with Crippen molar-refractivity contribution in [1.82, 2.24) is 10.2 Å². The van der Waals surface area contributed by atoms with Crippen LogP contribution in [0.1, 0.15) is 62.6 Å². The lowest BCUT2D eigenvalue weighted by atomic mass is 9.67. The normalized spacial score (nSPS) is 30.8. The highest BCUT2D eigenvalue weighted by Crippen LogP contribution is 2.40. The Balaban J connectivity index is 0.00000225. The molecule has 2 amide bonds. The molecule has 2 aliphatic carbocycles. The lowest BCUT2D eigenvalue weighted by molar-refractivity contribution is -0.130. The molecule has 1 aromatic rings. The van der Waals surface area contributed by atoms with E-state index in [1.807, 2.05) is 30.3 Å². The van der Waals surface area contributed by atoms with Gasteiger partial charge in [-0.15, -0.1) is 12.4 Å². The van der Waals surface area contributed by atoms with Gasteiger partial charge in [0.1, 0.15) is 0 Å². The van der Waals surface area contributed by atoms with E-state index >= 15 is 0 Å². The number of nitrogens with two attached hydrogens (primary N) is 1. The number of rotatable bonds is 3. The molecule has 3 N–H and O–H groups in total. The first-order chi connectivity index (χ1) is 13.0. The molecule has 2 saturated carbocycles. The summed E-state index contributed by atoms with van der Waals surface area (Å²) in [4.78, 5) is 26.8. The van der Waals surface area contributed by atoms with Crippen LogP contribution in [0.3, 0.4) is 0 Å². The van der Waals surface area contributed by atoms with Crippen LogP contribution in [0.5, 0.6) is 0 Å². The van der Waals surface area contributed by atoms with Gasteiger partial charge in [-0.25, -0.2) is 0 Å². The Bertz CT molecular complexity index is 752. The minimum Gasteiger partial charge on any atom is -0.353 e. The van der Waals surface area contributed by atoms with Gasteiger partial charge in [0, 0.05) is 25.2 Å². The van der Waals surface area contributed by atoms with Crippen LogP contribution in [0.25, 0.3) is 6.08 Å². The van der Waals surface area contributed by atoms with Crippen molar-refractivity contribution >= 4 is 30.3 Å². The van der Waals surface area contributed by atoms with Crippen LogP contribution in [0.15, 0.2) is 30.5 Å². The third-order valence-corrected chi connectivity index (χ3v) is 6.55. The first-order valence-corrected chi connectivity index (χ1v) is 10.1. The summed E-state index contributed by atoms with van der Waals surface area (Å²) in [5.41, 5.74) is 8.32. The van der Waals surface area contributed by atoms with Crippen molar-refractivity contribution < 1.29 is 9.59 Å². The standard InChI is InChI=1S/C22H29N3O2.ClH/c1-14(26)25-10-9-15-5-2-3-8-19(15)20(25)13-21(27)24-22-16-6-4-7-17(22)12-18(23)11-16;/h2-3,5,8-10,16-18,20,22H,4,6-7,11-13,23H2,1H3,(H,24,27);1H. The second kappa shape index (κ2) is 8.66. The average Bonchev–Trinajstić information content (AvgIpc) is 2.62. The third-order valence-electron chi connectivity index (χ3n) is 6.55. The van der Waals surface area contributed by atoms with E-state index in [-0.39, 0.29) is 42.3 Å². The molecule has 1 heterocycles. The van der Waals surface area contributed by atoms with Gasteiger partial charge in [0.05, 0.1) is 12.5 Å². The van der Waals surface area contributed by atoms with Gasteiger partial charge in [0.2, 0.25) is 11.8 Å². The number of carbonyl (C=O) groups excluding carboxylic acids is 2. The van der Waals surface area contributed by atoms with Crippen molar-refractivity contribution in [3.05, 3.63) is 41.6 Å². The fourth-order valence-electron chi connectivity index (χ4n) is 5.36. The number of nitrogens with one attached hydrogen (secondary N) is 1. The number of amides is 2. The Hall–Kier alpha value is -1.85. The summed E-state index contributed by atoms with van der Waals surface area (Å²) >= 11 is 0. The molecule has 1 aliphatic heterocycles. The highest BCUT2D eigenvalue weighted by atomic mass is 35.5. The molecule has 28 heavy (non-hydrogen) atoms. The average molecular weight is 404 g/mol. The van der Waals surface area contributed by atoms with Crippen molar-refractivity contribution in [2.45, 2.75) is 63.6 Å². The first kappa shape index (κ1) is 20.9. The molecule has 3 aliphatic rings. The van der Waals surface area contributed by atoms with Crippen molar-refractivity contribution in [2.75, 3.05) is 0 Å². The van der Waals surface area contributed by atoms with Gasteiger partial charge in [-0.3, -0.25) is 9.59 Å². The number of nitrogens with zero attached hydrogens (tertiary/aromatic N) is 1. The van der Waals surface area contributed by atoms with Crippen LogP contribution in [0.2, 0.25) is 0 Å². The summed E-state index contributed by atoms with van der Waals surface area (Å²) < 4.78 is 0. The zero-order valence-corrected chi connectivity index (χ0v) is 17.2. The topological polar surface area (TPSA) is 75.4 Å². The summed E-state index contributed by atoms with van der Waals surface area (Å²) in [5.74, 6) is 0.991. The fraction of sp³-hybridized carbons (Fsp3) is 0.545. The van der Waals surface area contributed by atoms with E-state index in [0.29, 0.717) is 18.3 Å². The van der Waals surface area contributed by atoms with E-state index in [1.54, 1.807) is 18.0 Å². The molecule has 6 heteroatoms. The van der Waals surface area contributed by atoms with Crippen LogP contribution in [0.4, 0.5) is 0 Å². The fourth-order valence-corrected chi connectivity index (χ4v) is 5.36. The van der Waals surface area contributed by atoms with Gasteiger partial charge in [-0.2, -0.15) is 0 Å². The van der Waals surface area contributed by atoms with E-state index in [0.717, 1.165) is 36.8 Å². The van der Waals surface area contributed by atoms with Gasteiger partial charge >= 0.3 is 0 Å². The number of benzene rings is 1. The maximum absolute atomic E-state index is 13.0. The van der Waals surface area contributed by atoms with E-state index in [9.17, 15) is 9.59 Å². The van der Waals surface area contributed by atoms with Crippen LogP contribution in [-0.2, 0) is 9.59 Å². The lowest BCUT2D eigenvalue weighted by Crippen LogP contribution is -2.54. The van der Waals surface area contributed by atoms with Crippen LogP contribution < -0.4 is 11.1 Å². The highest BCUT2D eigenvalue weighted by Gasteiger charge is 2.40. The minimum absolute atomic E-state index is 0. The van der Waals surface area contributed by atoms with Crippen LogP contribution in [-0.4, -0.2) is 28.8 Å². The molecular formula is C22H30ClN3O2. The molecule has 2 bridgehead atoms. The van der Waals surface area contributed by atoms with Gasteiger partial charge in [0.25, 0.3) is 0 Å². The first-order valence-electron chi connectivity index (χ1n) is 10.1. The molecular weight excluding hydrogens is 374 g/mol. The Morgan fingerprint density at radius 3 is 2.54 bits per heavy atom. The van der Waals surface area contributed by atoms with Crippen LogP contribution in [0, 0.1) is 11.8 Å². The smallest absolute Gasteiger partial charge is 0.223 e. The summed E-state index contributed by atoms with van der Waals surface area (Å²) in [7, 11) is 0. The van der Waals surface area contributed by atoms with E-state index in [2.05, 4.69) is 5.32 Å². The quantitative estimate of drug-likeness (QED) is 0.812. The molecule has 0 radical (unpaired) electrons. The monoisotopic (exact) mass is 403 g/mol. The minimum atomic E-state index is -0.241. The number of hydrogen-bond acceptors (Lipinski definition) is 3. The van der Waals surface area contributed by atoms with E-state index in [1.165, 1.54) is 6.42 Å². The molecule has 0 spiro atoms. The molecule has 1 aromatic carbocycles. The van der Waals surface area contributed by atoms with Crippen molar-refractivity contribution in [1.29, 1.82) is 0 Å². The maximum Gasteiger partial charge on any atom is 0.223 e. The molecule has 0 saturated heterocycles. The second-order valence-electron chi connectivity index (χ2n) is 8.37. The Labute approximate surface area is 173 Å². The SMILES string of the molecule is CC(=O)N1C=Cc2ccccc2C1CC(=O)NC1C2CCCC1CC(N)C2.Cl. The maximum atomic E-state index is 13.0. The zero-order chi connectivity index (χ0) is 19.0. The molecule has 152 valence electrons. The number of halogens is 1. The van der Waals surface area contributed by atoms with Gasteiger partial charge in [-0.1, -0.05) is 30.7 Å². The number of carbonyl (C=O) groups is 2.